The molecule has 1 aliphatic rings. The van der Waals surface area contributed by atoms with Crippen LogP contribution in [0.5, 0.6) is 0 Å². The summed E-state index contributed by atoms with van der Waals surface area (Å²) in [5, 5.41) is 8.56. The van der Waals surface area contributed by atoms with Gasteiger partial charge >= 0.3 is 0 Å². The fraction of sp³-hybridized carbons (Fsp3) is 0.875. The molecule has 1 fully saturated rings. The summed E-state index contributed by atoms with van der Waals surface area (Å²) in [5.41, 5.74) is 0. The van der Waals surface area contributed by atoms with Crippen molar-refractivity contribution >= 4 is 11.0 Å². The quantitative estimate of drug-likeness (QED) is 0.618. The van der Waals surface area contributed by atoms with Crippen LogP contribution in [-0.2, 0) is 0 Å². The molecule has 7 heteroatoms. The molecular weight excluding hydrogens is 216 g/mol. The van der Waals surface area contributed by atoms with Crippen LogP contribution in [0.1, 0.15) is 13.8 Å². The summed E-state index contributed by atoms with van der Waals surface area (Å²) in [4.78, 5) is 1.60. The molecule has 0 unspecified atom stereocenters. The van der Waals surface area contributed by atoms with E-state index < -0.39 is 11.0 Å². The van der Waals surface area contributed by atoms with Gasteiger partial charge in [-0.25, -0.2) is 4.72 Å². The van der Waals surface area contributed by atoms with E-state index in [-0.39, 0.29) is 0 Å². The van der Waals surface area contributed by atoms with Gasteiger partial charge in [-0.05, 0) is 0 Å². The highest BCUT2D eigenvalue weighted by molar-refractivity contribution is 8.20. The van der Waals surface area contributed by atoms with Crippen LogP contribution >= 0.6 is 11.0 Å². The van der Waals surface area contributed by atoms with Gasteiger partial charge in [-0.3, -0.25) is 9.11 Å². The fourth-order valence-corrected chi connectivity index (χ4v) is 2.10. The third-order valence-electron chi connectivity index (χ3n) is 2.01. The van der Waals surface area contributed by atoms with Gasteiger partial charge in [-0.2, -0.15) is 9.57 Å². The molecule has 1 rings (SSSR count). The molecule has 0 atom stereocenters. The Morgan fingerprint density at radius 3 is 2.00 bits per heavy atom. The lowest BCUT2D eigenvalue weighted by Crippen LogP contribution is -2.47. The van der Waals surface area contributed by atoms with Gasteiger partial charge in [-0.1, -0.05) is 24.8 Å². The molecule has 0 aromatic heterocycles. The van der Waals surface area contributed by atoms with Gasteiger partial charge in [0.15, 0.2) is 6.19 Å². The van der Waals surface area contributed by atoms with E-state index in [9.17, 15) is 9.11 Å². The molecule has 0 amide bonds. The van der Waals surface area contributed by atoms with E-state index >= 15 is 0 Å². The SMILES string of the molecule is CC.CNS(O)(O)N1CCN(C#N)CC1. The summed E-state index contributed by atoms with van der Waals surface area (Å²) in [6, 6.07) is 0. The molecular formula is C8H20N4O2S. The van der Waals surface area contributed by atoms with Gasteiger partial charge in [0.05, 0.1) is 0 Å². The Hall–Kier alpha value is -0.520. The Kier molecular flexibility index (Phi) is 6.63. The molecule has 1 saturated heterocycles. The lowest BCUT2D eigenvalue weighted by molar-refractivity contribution is 0.232. The monoisotopic (exact) mass is 236 g/mol. The van der Waals surface area contributed by atoms with E-state index in [1.54, 1.807) is 9.21 Å². The third kappa shape index (κ3) is 4.24. The number of rotatable bonds is 2. The molecule has 1 heterocycles. The first-order chi connectivity index (χ1) is 7.10. The highest BCUT2D eigenvalue weighted by atomic mass is 32.3. The van der Waals surface area contributed by atoms with E-state index in [0.29, 0.717) is 26.2 Å². The van der Waals surface area contributed by atoms with Crippen molar-refractivity contribution in [1.82, 2.24) is 13.9 Å². The smallest absolute Gasteiger partial charge is 0.179 e. The fourth-order valence-electron chi connectivity index (χ4n) is 1.17. The predicted molar refractivity (Wildman–Crippen MR) is 62.0 cm³/mol. The second-order valence-corrected chi connectivity index (χ2v) is 4.70. The molecule has 0 aromatic rings. The zero-order chi connectivity index (χ0) is 11.9. The van der Waals surface area contributed by atoms with Crippen molar-refractivity contribution in [3.05, 3.63) is 0 Å². The molecule has 0 saturated carbocycles. The van der Waals surface area contributed by atoms with Gasteiger partial charge in [0.1, 0.15) is 0 Å². The molecule has 0 aromatic carbocycles. The minimum atomic E-state index is -2.81. The maximum atomic E-state index is 9.46. The topological polar surface area (TPSA) is 82.8 Å². The highest BCUT2D eigenvalue weighted by Gasteiger charge is 2.25. The van der Waals surface area contributed by atoms with Crippen LogP contribution in [0.4, 0.5) is 0 Å². The number of piperazine rings is 1. The molecule has 0 spiro atoms. The van der Waals surface area contributed by atoms with Crippen molar-refractivity contribution in [2.24, 2.45) is 0 Å². The number of nitriles is 1. The standard InChI is InChI=1S/C6H14N4O2S.C2H6/c1-8-13(11,12)10-4-2-9(6-7)3-5-10;1-2/h8,11-12H,2-5H2,1H3;1-2H3. The van der Waals surface area contributed by atoms with E-state index in [2.05, 4.69) is 4.72 Å². The first-order valence-corrected chi connectivity index (χ1v) is 6.47. The molecule has 6 nitrogen and oxygen atoms in total. The van der Waals surface area contributed by atoms with Crippen LogP contribution in [0.25, 0.3) is 0 Å². The van der Waals surface area contributed by atoms with Crippen molar-refractivity contribution in [3.8, 4) is 6.19 Å². The van der Waals surface area contributed by atoms with Crippen molar-refractivity contribution in [2.45, 2.75) is 13.8 Å². The van der Waals surface area contributed by atoms with Gasteiger partial charge in [0.2, 0.25) is 0 Å². The second-order valence-electron chi connectivity index (χ2n) is 2.74. The summed E-state index contributed by atoms with van der Waals surface area (Å²) in [7, 11) is -1.30. The Morgan fingerprint density at radius 1 is 1.20 bits per heavy atom. The molecule has 3 N–H and O–H groups in total. The van der Waals surface area contributed by atoms with Crippen LogP contribution in [0, 0.1) is 11.5 Å². The van der Waals surface area contributed by atoms with Crippen LogP contribution in [0.2, 0.25) is 0 Å². The zero-order valence-corrected chi connectivity index (χ0v) is 10.3. The van der Waals surface area contributed by atoms with Gasteiger partial charge in [-0.15, -0.1) is 0 Å². The minimum absolute atomic E-state index is 0.497. The summed E-state index contributed by atoms with van der Waals surface area (Å²) in [6.07, 6.45) is 2.03. The number of hydrogen-bond donors (Lipinski definition) is 3. The maximum Gasteiger partial charge on any atom is 0.179 e. The van der Waals surface area contributed by atoms with E-state index in [1.165, 1.54) is 7.05 Å². The summed E-state index contributed by atoms with van der Waals surface area (Å²) in [6.45, 7) is 6.09. The summed E-state index contributed by atoms with van der Waals surface area (Å²) >= 11 is 0. The third-order valence-corrected chi connectivity index (χ3v) is 3.65. The van der Waals surface area contributed by atoms with E-state index in [0.717, 1.165) is 0 Å². The zero-order valence-electron chi connectivity index (χ0n) is 9.47. The lowest BCUT2D eigenvalue weighted by Gasteiger charge is -2.44. The largest absolute Gasteiger partial charge is 0.308 e. The Morgan fingerprint density at radius 2 is 1.67 bits per heavy atom. The van der Waals surface area contributed by atoms with Crippen LogP contribution in [0.15, 0.2) is 0 Å². The normalized spacial score (nSPS) is 18.8. The van der Waals surface area contributed by atoms with Gasteiger partial charge in [0, 0.05) is 33.2 Å². The van der Waals surface area contributed by atoms with Crippen LogP contribution < -0.4 is 4.72 Å². The number of hydrogen-bond acceptors (Lipinski definition) is 6. The Balaban J connectivity index is 0.000000921. The summed E-state index contributed by atoms with van der Waals surface area (Å²) < 4.78 is 22.9. The van der Waals surface area contributed by atoms with Crippen molar-refractivity contribution < 1.29 is 9.11 Å². The number of nitrogens with one attached hydrogen (secondary N) is 1. The van der Waals surface area contributed by atoms with Gasteiger partial charge in [0.25, 0.3) is 0 Å². The highest BCUT2D eigenvalue weighted by Crippen LogP contribution is 2.37. The lowest BCUT2D eigenvalue weighted by atomic mass is 10.4. The average Bonchev–Trinajstić information content (AvgIpc) is 2.32. The molecule has 90 valence electrons. The number of nitrogens with zero attached hydrogens (tertiary/aromatic N) is 3. The van der Waals surface area contributed by atoms with E-state index in [4.69, 9.17) is 5.26 Å². The van der Waals surface area contributed by atoms with Crippen molar-refractivity contribution in [3.63, 3.8) is 0 Å². The summed E-state index contributed by atoms with van der Waals surface area (Å²) in [5.74, 6) is 0. The Bertz CT molecular complexity index is 211. The average molecular weight is 236 g/mol. The second kappa shape index (κ2) is 6.87. The van der Waals surface area contributed by atoms with Crippen LogP contribution in [0.3, 0.4) is 0 Å². The van der Waals surface area contributed by atoms with Gasteiger partial charge < -0.3 is 4.90 Å². The molecule has 0 radical (unpaired) electrons. The first kappa shape index (κ1) is 14.5. The Labute approximate surface area is 93.1 Å². The molecule has 15 heavy (non-hydrogen) atoms. The molecule has 0 bridgehead atoms. The molecule has 0 aliphatic carbocycles. The van der Waals surface area contributed by atoms with E-state index in [1.807, 2.05) is 20.0 Å². The maximum absolute atomic E-state index is 9.46. The predicted octanol–water partition coefficient (Wildman–Crippen LogP) is 0.911. The minimum Gasteiger partial charge on any atom is -0.308 e. The van der Waals surface area contributed by atoms with Crippen molar-refractivity contribution in [2.75, 3.05) is 33.2 Å². The first-order valence-electron chi connectivity index (χ1n) is 4.96. The van der Waals surface area contributed by atoms with Crippen LogP contribution in [-0.4, -0.2) is 51.5 Å². The molecule has 1 aliphatic heterocycles. The van der Waals surface area contributed by atoms with Crippen molar-refractivity contribution in [1.29, 1.82) is 5.26 Å².